The zero-order valence-electron chi connectivity index (χ0n) is 15.1. The van der Waals surface area contributed by atoms with Gasteiger partial charge in [0, 0.05) is 23.4 Å². The maximum atomic E-state index is 12.7. The van der Waals surface area contributed by atoms with Crippen LogP contribution in [0.1, 0.15) is 16.1 Å². The number of nitrogens with zero attached hydrogens (tertiary/aromatic N) is 1. The number of aromatic nitrogens is 1. The minimum atomic E-state index is -0.288. The molecule has 3 heteroatoms. The maximum Gasteiger partial charge on any atom is 0.355 e. The molecule has 0 bridgehead atoms. The molecular formula is C24H19NO2. The summed E-state index contributed by atoms with van der Waals surface area (Å²) in [5, 5.41) is 2.30. The number of rotatable bonds is 2. The van der Waals surface area contributed by atoms with Crippen molar-refractivity contribution in [3.63, 3.8) is 0 Å². The van der Waals surface area contributed by atoms with Gasteiger partial charge in [-0.1, -0.05) is 66.7 Å². The highest BCUT2D eigenvalue weighted by atomic mass is 16.5. The second-order valence-corrected chi connectivity index (χ2v) is 6.87. The van der Waals surface area contributed by atoms with Crippen LogP contribution in [0.5, 0.6) is 0 Å². The van der Waals surface area contributed by atoms with Crippen LogP contribution < -0.4 is 0 Å². The summed E-state index contributed by atoms with van der Waals surface area (Å²) >= 11 is 0. The van der Waals surface area contributed by atoms with E-state index in [9.17, 15) is 4.79 Å². The molecule has 0 spiro atoms. The molecule has 1 aliphatic heterocycles. The number of benzene rings is 3. The summed E-state index contributed by atoms with van der Waals surface area (Å²) in [4.78, 5) is 12.7. The maximum absolute atomic E-state index is 12.7. The Bertz CT molecular complexity index is 1180. The highest BCUT2D eigenvalue weighted by Gasteiger charge is 2.27. The average molecular weight is 353 g/mol. The molecule has 2 heterocycles. The lowest BCUT2D eigenvalue weighted by Gasteiger charge is -2.20. The largest absolute Gasteiger partial charge is 0.464 e. The summed E-state index contributed by atoms with van der Waals surface area (Å²) < 4.78 is 7.28. The number of esters is 1. The lowest BCUT2D eigenvalue weighted by atomic mass is 9.97. The molecule has 0 amide bonds. The Balaban J connectivity index is 1.84. The van der Waals surface area contributed by atoms with E-state index in [1.165, 1.54) is 18.2 Å². The normalized spacial score (nSPS) is 12.5. The first kappa shape index (κ1) is 15.9. The number of hydrogen-bond acceptors (Lipinski definition) is 2. The van der Waals surface area contributed by atoms with Crippen molar-refractivity contribution in [1.82, 2.24) is 4.57 Å². The van der Waals surface area contributed by atoms with Gasteiger partial charge in [0.15, 0.2) is 0 Å². The summed E-state index contributed by atoms with van der Waals surface area (Å²) in [5.74, 6) is -0.288. The van der Waals surface area contributed by atoms with Crippen molar-refractivity contribution in [2.75, 3.05) is 7.11 Å². The zero-order valence-corrected chi connectivity index (χ0v) is 15.1. The molecule has 0 unspecified atom stereocenters. The number of hydrogen-bond donors (Lipinski definition) is 0. The smallest absolute Gasteiger partial charge is 0.355 e. The fraction of sp³-hybridized carbons (Fsp3) is 0.125. The van der Waals surface area contributed by atoms with E-state index in [1.54, 1.807) is 0 Å². The molecule has 132 valence electrons. The van der Waals surface area contributed by atoms with Crippen LogP contribution in [-0.4, -0.2) is 17.6 Å². The molecule has 3 nitrogen and oxygen atoms in total. The topological polar surface area (TPSA) is 31.2 Å². The fourth-order valence-electron chi connectivity index (χ4n) is 4.21. The molecule has 1 aliphatic rings. The predicted octanol–water partition coefficient (Wildman–Crippen LogP) is 5.32. The van der Waals surface area contributed by atoms with Crippen molar-refractivity contribution in [1.29, 1.82) is 0 Å². The summed E-state index contributed by atoms with van der Waals surface area (Å²) in [6.07, 6.45) is 0.914. The van der Waals surface area contributed by atoms with E-state index in [2.05, 4.69) is 59.2 Å². The third kappa shape index (κ3) is 2.39. The molecule has 0 fully saturated rings. The number of methoxy groups -OCH3 is 1. The SMILES string of the molecule is COC(=O)c1c(-c2cccc3ccccc23)cc2n1CCc1ccccc1-2. The minimum Gasteiger partial charge on any atom is -0.464 e. The molecule has 3 aromatic carbocycles. The molecule has 0 atom stereocenters. The second kappa shape index (κ2) is 6.13. The predicted molar refractivity (Wildman–Crippen MR) is 108 cm³/mol. The first-order valence-electron chi connectivity index (χ1n) is 9.16. The van der Waals surface area contributed by atoms with Crippen LogP contribution in [0.4, 0.5) is 0 Å². The van der Waals surface area contributed by atoms with Crippen LogP contribution >= 0.6 is 0 Å². The van der Waals surface area contributed by atoms with Crippen LogP contribution in [0.2, 0.25) is 0 Å². The Labute approximate surface area is 157 Å². The van der Waals surface area contributed by atoms with Crippen molar-refractivity contribution in [2.45, 2.75) is 13.0 Å². The number of carbonyl (C=O) groups is 1. The van der Waals surface area contributed by atoms with Crippen LogP contribution in [0, 0.1) is 0 Å². The van der Waals surface area contributed by atoms with Crippen molar-refractivity contribution in [3.05, 3.63) is 84.1 Å². The van der Waals surface area contributed by atoms with Gasteiger partial charge in [-0.2, -0.15) is 0 Å². The molecule has 0 N–H and O–H groups in total. The Kier molecular flexibility index (Phi) is 3.61. The van der Waals surface area contributed by atoms with E-state index in [-0.39, 0.29) is 5.97 Å². The molecule has 0 aliphatic carbocycles. The third-order valence-corrected chi connectivity index (χ3v) is 5.45. The average Bonchev–Trinajstić information content (AvgIpc) is 3.12. The summed E-state index contributed by atoms with van der Waals surface area (Å²) in [7, 11) is 1.45. The van der Waals surface area contributed by atoms with Gasteiger partial charge in [0.25, 0.3) is 0 Å². The van der Waals surface area contributed by atoms with E-state index >= 15 is 0 Å². The summed E-state index contributed by atoms with van der Waals surface area (Å²) in [6, 6.07) is 25.1. The minimum absolute atomic E-state index is 0.288. The van der Waals surface area contributed by atoms with Crippen LogP contribution in [0.15, 0.2) is 72.8 Å². The van der Waals surface area contributed by atoms with E-state index in [0.29, 0.717) is 5.69 Å². The van der Waals surface area contributed by atoms with E-state index in [4.69, 9.17) is 4.74 Å². The van der Waals surface area contributed by atoms with Gasteiger partial charge in [-0.05, 0) is 34.4 Å². The van der Waals surface area contributed by atoms with Gasteiger partial charge in [-0.15, -0.1) is 0 Å². The van der Waals surface area contributed by atoms with Gasteiger partial charge in [0.1, 0.15) is 5.69 Å². The Morgan fingerprint density at radius 3 is 2.52 bits per heavy atom. The van der Waals surface area contributed by atoms with Crippen molar-refractivity contribution >= 4 is 16.7 Å². The lowest BCUT2D eigenvalue weighted by molar-refractivity contribution is 0.0589. The van der Waals surface area contributed by atoms with Gasteiger partial charge in [0.05, 0.1) is 7.11 Å². The number of ether oxygens (including phenoxy) is 1. The van der Waals surface area contributed by atoms with Gasteiger partial charge in [-0.25, -0.2) is 4.79 Å². The Morgan fingerprint density at radius 2 is 1.63 bits per heavy atom. The van der Waals surface area contributed by atoms with Crippen molar-refractivity contribution in [3.8, 4) is 22.4 Å². The molecule has 0 saturated heterocycles. The summed E-state index contributed by atoms with van der Waals surface area (Å²) in [5.41, 5.74) is 6.24. The molecule has 0 radical (unpaired) electrons. The van der Waals surface area contributed by atoms with Crippen LogP contribution in [0.25, 0.3) is 33.2 Å². The van der Waals surface area contributed by atoms with Gasteiger partial charge in [0.2, 0.25) is 0 Å². The molecule has 4 aromatic rings. The molecule has 0 saturated carbocycles. The van der Waals surface area contributed by atoms with Gasteiger partial charge >= 0.3 is 5.97 Å². The molecular weight excluding hydrogens is 334 g/mol. The second-order valence-electron chi connectivity index (χ2n) is 6.87. The van der Waals surface area contributed by atoms with Gasteiger partial charge < -0.3 is 9.30 Å². The number of carbonyl (C=O) groups excluding carboxylic acids is 1. The van der Waals surface area contributed by atoms with E-state index in [1.807, 2.05) is 18.2 Å². The first-order valence-corrected chi connectivity index (χ1v) is 9.16. The zero-order chi connectivity index (χ0) is 18.4. The first-order chi connectivity index (χ1) is 13.3. The highest BCUT2D eigenvalue weighted by molar-refractivity contribution is 6.05. The van der Waals surface area contributed by atoms with Crippen LogP contribution in [0.3, 0.4) is 0 Å². The molecule has 27 heavy (non-hydrogen) atoms. The van der Waals surface area contributed by atoms with Crippen LogP contribution in [-0.2, 0) is 17.7 Å². The standard InChI is InChI=1S/C24H19NO2/c1-27-24(26)23-21(20-12-6-9-16-7-2-4-10-18(16)20)15-22-19-11-5-3-8-17(19)13-14-25(22)23/h2-12,15H,13-14H2,1H3. The third-order valence-electron chi connectivity index (χ3n) is 5.45. The summed E-state index contributed by atoms with van der Waals surface area (Å²) in [6.45, 7) is 0.779. The van der Waals surface area contributed by atoms with Gasteiger partial charge in [-0.3, -0.25) is 0 Å². The Morgan fingerprint density at radius 1 is 0.889 bits per heavy atom. The fourth-order valence-corrected chi connectivity index (χ4v) is 4.21. The Hall–Kier alpha value is -3.33. The molecule has 1 aromatic heterocycles. The monoisotopic (exact) mass is 353 g/mol. The van der Waals surface area contributed by atoms with E-state index < -0.39 is 0 Å². The quantitative estimate of drug-likeness (QED) is 0.457. The van der Waals surface area contributed by atoms with E-state index in [0.717, 1.165) is 40.6 Å². The van der Waals surface area contributed by atoms with Crippen molar-refractivity contribution in [2.24, 2.45) is 0 Å². The molecule has 5 rings (SSSR count). The number of fused-ring (bicyclic) bond motifs is 4. The number of aryl methyl sites for hydroxylation is 1. The highest BCUT2D eigenvalue weighted by Crippen LogP contribution is 2.39. The van der Waals surface area contributed by atoms with Crippen molar-refractivity contribution < 1.29 is 9.53 Å². The lowest BCUT2D eigenvalue weighted by Crippen LogP contribution is -2.17.